The summed E-state index contributed by atoms with van der Waals surface area (Å²) < 4.78 is 0. The molecule has 0 N–H and O–H groups in total. The van der Waals surface area contributed by atoms with Crippen LogP contribution in [0.2, 0.25) is 0 Å². The topological polar surface area (TPSA) is 0 Å². The summed E-state index contributed by atoms with van der Waals surface area (Å²) in [5.41, 5.74) is 0. The van der Waals surface area contributed by atoms with Crippen LogP contribution in [-0.4, -0.2) is 0 Å². The average molecular weight is 417 g/mol. The first-order valence-electron chi connectivity index (χ1n) is 11.3. The zero-order chi connectivity index (χ0) is 21.7. The van der Waals surface area contributed by atoms with Gasteiger partial charge < -0.3 is 0 Å². The molecule has 0 bridgehead atoms. The molecule has 0 nitrogen and oxygen atoms in total. The van der Waals surface area contributed by atoms with E-state index in [0.29, 0.717) is 0 Å². The molecule has 0 heteroatoms. The van der Waals surface area contributed by atoms with Crippen molar-refractivity contribution in [1.29, 1.82) is 0 Å². The molecule has 0 aliphatic heterocycles. The SMILES string of the molecule is C.C.C.C.CCC.CCC.CCC.CCC.CCC.CCC.CCC.CCC. The second-order valence-electron chi connectivity index (χ2n) is 5.66. The maximum atomic E-state index is 2.12. The Morgan fingerprint density at radius 2 is 0.179 bits per heavy atom. The molecule has 0 unspecified atom stereocenters. The lowest BCUT2D eigenvalue weighted by molar-refractivity contribution is 1.09. The summed E-state index contributed by atoms with van der Waals surface area (Å²) in [6, 6.07) is 0. The summed E-state index contributed by atoms with van der Waals surface area (Å²) in [6.07, 6.45) is 10.0. The van der Waals surface area contributed by atoms with Crippen LogP contribution < -0.4 is 0 Å². The lowest BCUT2D eigenvalue weighted by atomic mass is 10.6. The Labute approximate surface area is 192 Å². The zero-order valence-corrected chi connectivity index (χ0v) is 21.7. The molecule has 0 aromatic rings. The fourth-order valence-corrected chi connectivity index (χ4v) is 0. The maximum absolute atomic E-state index is 2.12. The molecule has 0 spiro atoms. The van der Waals surface area contributed by atoms with E-state index in [1.165, 1.54) is 51.4 Å². The predicted octanol–water partition coefficient (Wildman–Crippen LogP) is 13.9. The van der Waals surface area contributed by atoms with E-state index in [1.807, 2.05) is 0 Å². The first-order chi connectivity index (χ1) is 11.3. The molecule has 0 rings (SSSR count). The summed E-state index contributed by atoms with van der Waals surface area (Å²) in [7, 11) is 0. The van der Waals surface area contributed by atoms with Gasteiger partial charge in [0.1, 0.15) is 0 Å². The molecular formula is C28H80. The Morgan fingerprint density at radius 3 is 0.179 bits per heavy atom. The lowest BCUT2D eigenvalue weighted by Crippen LogP contribution is -1.27. The molecule has 0 heterocycles. The predicted molar refractivity (Wildman–Crippen MR) is 155 cm³/mol. The van der Waals surface area contributed by atoms with E-state index in [1.54, 1.807) is 0 Å². The quantitative estimate of drug-likeness (QED) is 0.368. The van der Waals surface area contributed by atoms with Gasteiger partial charge in [0.05, 0.1) is 0 Å². The van der Waals surface area contributed by atoms with E-state index in [0.717, 1.165) is 0 Å². The van der Waals surface area contributed by atoms with Crippen LogP contribution in [0.3, 0.4) is 0 Å². The van der Waals surface area contributed by atoms with E-state index in [-0.39, 0.29) is 29.7 Å². The Kier molecular flexibility index (Phi) is 812. The fraction of sp³-hybridized carbons (Fsp3) is 1.00. The van der Waals surface area contributed by atoms with Crippen molar-refractivity contribution in [3.05, 3.63) is 0 Å². The van der Waals surface area contributed by atoms with Crippen LogP contribution in [0.1, 0.15) is 192 Å². The Morgan fingerprint density at radius 1 is 0.179 bits per heavy atom. The van der Waals surface area contributed by atoms with Crippen molar-refractivity contribution >= 4 is 0 Å². The van der Waals surface area contributed by atoms with Gasteiger partial charge in [-0.05, 0) is 0 Å². The minimum Gasteiger partial charge on any atom is -0.0776 e. The van der Waals surface area contributed by atoms with Crippen LogP contribution >= 0.6 is 0 Å². The number of hydrogen-bond donors (Lipinski definition) is 0. The third-order valence-corrected chi connectivity index (χ3v) is 0. The van der Waals surface area contributed by atoms with Crippen molar-refractivity contribution in [1.82, 2.24) is 0 Å². The van der Waals surface area contributed by atoms with Crippen LogP contribution in [0.4, 0.5) is 0 Å². The molecule has 0 aliphatic rings. The highest BCUT2D eigenvalue weighted by molar-refractivity contribution is 3.94. The van der Waals surface area contributed by atoms with Gasteiger partial charge in [-0.15, -0.1) is 0 Å². The number of rotatable bonds is 0. The van der Waals surface area contributed by atoms with E-state index in [9.17, 15) is 0 Å². The fourth-order valence-electron chi connectivity index (χ4n) is 0. The third-order valence-electron chi connectivity index (χ3n) is 0. The molecule has 0 amide bonds. The molecule has 28 heavy (non-hydrogen) atoms. The minimum atomic E-state index is 0. The van der Waals surface area contributed by atoms with Crippen molar-refractivity contribution in [2.75, 3.05) is 0 Å². The zero-order valence-electron chi connectivity index (χ0n) is 21.7. The first kappa shape index (κ1) is 79.7. The second kappa shape index (κ2) is 285. The number of hydrogen-bond acceptors (Lipinski definition) is 0. The average Bonchev–Trinajstić information content (AvgIpc) is 2.45. The lowest BCUT2D eigenvalue weighted by Gasteiger charge is -1.48. The molecular weight excluding hydrogens is 336 g/mol. The van der Waals surface area contributed by atoms with Gasteiger partial charge in [-0.3, -0.25) is 0 Å². The molecule has 0 radical (unpaired) electrons. The van der Waals surface area contributed by atoms with Crippen LogP contribution in [0, 0.1) is 0 Å². The van der Waals surface area contributed by atoms with Crippen molar-refractivity contribution in [2.24, 2.45) is 0 Å². The Balaban J connectivity index is -0.0000000102. The van der Waals surface area contributed by atoms with Crippen molar-refractivity contribution in [3.8, 4) is 0 Å². The Hall–Kier alpha value is 0. The molecule has 0 aromatic carbocycles. The highest BCUT2D eigenvalue weighted by Gasteiger charge is 1.37. The van der Waals surface area contributed by atoms with Crippen molar-refractivity contribution < 1.29 is 0 Å². The summed E-state index contributed by atoms with van der Waals surface area (Å²) >= 11 is 0. The van der Waals surface area contributed by atoms with Gasteiger partial charge in [0, 0.05) is 0 Å². The second-order valence-corrected chi connectivity index (χ2v) is 5.66. The summed E-state index contributed by atoms with van der Waals surface area (Å²) in [5.74, 6) is 0. The van der Waals surface area contributed by atoms with Crippen LogP contribution in [0.5, 0.6) is 0 Å². The van der Waals surface area contributed by atoms with Crippen molar-refractivity contribution in [2.45, 2.75) is 192 Å². The molecule has 0 saturated heterocycles. The van der Waals surface area contributed by atoms with E-state index < -0.39 is 0 Å². The normalized spacial score (nSPS) is 5.14. The monoisotopic (exact) mass is 417 g/mol. The molecule has 0 aliphatic carbocycles. The standard InChI is InChI=1S/8C3H8.4CH4/c8*1-3-2;;;;/h8*3H2,1-2H3;4*1H4. The molecule has 0 atom stereocenters. The van der Waals surface area contributed by atoms with Gasteiger partial charge in [-0.1, -0.05) is 192 Å². The summed E-state index contributed by atoms with van der Waals surface area (Å²) in [4.78, 5) is 0. The van der Waals surface area contributed by atoms with E-state index >= 15 is 0 Å². The Bertz CT molecular complexity index is 24.0. The first-order valence-corrected chi connectivity index (χ1v) is 11.3. The van der Waals surface area contributed by atoms with Gasteiger partial charge >= 0.3 is 0 Å². The van der Waals surface area contributed by atoms with Crippen LogP contribution in [0.15, 0.2) is 0 Å². The van der Waals surface area contributed by atoms with Gasteiger partial charge in [-0.2, -0.15) is 0 Å². The van der Waals surface area contributed by atoms with Crippen LogP contribution in [-0.2, 0) is 0 Å². The van der Waals surface area contributed by atoms with E-state index in [4.69, 9.17) is 0 Å². The largest absolute Gasteiger partial charge is 0.0776 e. The molecule has 0 saturated carbocycles. The molecule has 0 aromatic heterocycles. The van der Waals surface area contributed by atoms with Gasteiger partial charge in [-0.25, -0.2) is 0 Å². The summed E-state index contributed by atoms with van der Waals surface area (Å²) in [6.45, 7) is 34.0. The molecule has 192 valence electrons. The van der Waals surface area contributed by atoms with Gasteiger partial charge in [0.2, 0.25) is 0 Å². The summed E-state index contributed by atoms with van der Waals surface area (Å²) in [5, 5.41) is 0. The third kappa shape index (κ3) is 0. The maximum Gasteiger partial charge on any atom is -0.0590 e. The van der Waals surface area contributed by atoms with Crippen LogP contribution in [0.25, 0.3) is 0 Å². The van der Waals surface area contributed by atoms with Gasteiger partial charge in [0.15, 0.2) is 0 Å². The van der Waals surface area contributed by atoms with Crippen molar-refractivity contribution in [3.63, 3.8) is 0 Å². The highest BCUT2D eigenvalue weighted by Crippen LogP contribution is 1.58. The molecule has 0 fully saturated rings. The highest BCUT2D eigenvalue weighted by atomic mass is 13.4. The van der Waals surface area contributed by atoms with Gasteiger partial charge in [0.25, 0.3) is 0 Å². The smallest absolute Gasteiger partial charge is 0.0590 e. The van der Waals surface area contributed by atoms with E-state index in [2.05, 4.69) is 111 Å². The minimum absolute atomic E-state index is 0.